The molecule has 0 saturated heterocycles. The van der Waals surface area contributed by atoms with Gasteiger partial charge in [0, 0.05) is 12.7 Å². The minimum Gasteiger partial charge on any atom is -0.338 e. The summed E-state index contributed by atoms with van der Waals surface area (Å²) in [4.78, 5) is 16.3. The molecule has 2 aromatic rings. The number of aromatic nitrogens is 1. The van der Waals surface area contributed by atoms with Gasteiger partial charge in [-0.25, -0.2) is 4.79 Å². The summed E-state index contributed by atoms with van der Waals surface area (Å²) in [5.41, 5.74) is -2.46. The van der Waals surface area contributed by atoms with Crippen molar-refractivity contribution in [3.63, 3.8) is 0 Å². The van der Waals surface area contributed by atoms with Crippen LogP contribution in [0.15, 0.2) is 42.6 Å². The Balaban J connectivity index is 1.87. The van der Waals surface area contributed by atoms with E-state index in [-0.39, 0.29) is 5.56 Å². The third kappa shape index (κ3) is 6.14. The largest absolute Gasteiger partial charge is 0.418 e. The maximum absolute atomic E-state index is 13.6. The van der Waals surface area contributed by atoms with Crippen LogP contribution in [0.5, 0.6) is 0 Å². The van der Waals surface area contributed by atoms with Gasteiger partial charge < -0.3 is 10.6 Å². The second-order valence-electron chi connectivity index (χ2n) is 7.85. The topological polar surface area (TPSA) is 54.0 Å². The standard InChI is InChI=1S/C22H23F6N3O/c23-21(24,25)16-10-8-15(9-11-16)18(19-17(22(26,27)28)7-4-12-29-19)31-20(32)30-13-14-5-2-1-3-6-14/h4,7-12,14,18H,1-3,5-6,13H2,(H2,30,31,32). The predicted molar refractivity (Wildman–Crippen MR) is 106 cm³/mol. The molecule has 1 atom stereocenters. The van der Waals surface area contributed by atoms with E-state index in [9.17, 15) is 31.1 Å². The van der Waals surface area contributed by atoms with Crippen LogP contribution in [0, 0.1) is 5.92 Å². The Morgan fingerprint density at radius 1 is 0.969 bits per heavy atom. The van der Waals surface area contributed by atoms with E-state index in [1.807, 2.05) is 0 Å². The van der Waals surface area contributed by atoms with Gasteiger partial charge in [-0.15, -0.1) is 0 Å². The smallest absolute Gasteiger partial charge is 0.338 e. The maximum atomic E-state index is 13.6. The number of hydrogen-bond donors (Lipinski definition) is 2. The molecule has 32 heavy (non-hydrogen) atoms. The van der Waals surface area contributed by atoms with Crippen molar-refractivity contribution in [1.82, 2.24) is 15.6 Å². The molecule has 2 amide bonds. The minimum atomic E-state index is -4.76. The lowest BCUT2D eigenvalue weighted by atomic mass is 9.89. The number of urea groups is 1. The van der Waals surface area contributed by atoms with Crippen molar-refractivity contribution >= 4 is 6.03 Å². The van der Waals surface area contributed by atoms with Gasteiger partial charge in [-0.1, -0.05) is 31.4 Å². The summed E-state index contributed by atoms with van der Waals surface area (Å²) in [6.07, 6.45) is -3.03. The van der Waals surface area contributed by atoms with Gasteiger partial charge in [0.05, 0.1) is 22.9 Å². The van der Waals surface area contributed by atoms with Crippen LogP contribution in [0.2, 0.25) is 0 Å². The van der Waals surface area contributed by atoms with E-state index in [4.69, 9.17) is 0 Å². The van der Waals surface area contributed by atoms with Gasteiger partial charge >= 0.3 is 18.4 Å². The number of rotatable bonds is 5. The zero-order valence-corrected chi connectivity index (χ0v) is 17.1. The van der Waals surface area contributed by atoms with Crippen molar-refractivity contribution in [2.24, 2.45) is 5.92 Å². The first-order valence-corrected chi connectivity index (χ1v) is 10.3. The Hall–Kier alpha value is -2.78. The lowest BCUT2D eigenvalue weighted by Crippen LogP contribution is -2.41. The molecule has 0 spiro atoms. The van der Waals surface area contributed by atoms with E-state index in [2.05, 4.69) is 15.6 Å². The van der Waals surface area contributed by atoms with Crippen LogP contribution < -0.4 is 10.6 Å². The molecule has 1 aliphatic rings. The van der Waals surface area contributed by atoms with Crippen LogP contribution in [0.1, 0.15) is 60.5 Å². The average Bonchev–Trinajstić information content (AvgIpc) is 2.76. The number of pyridine rings is 1. The SMILES string of the molecule is O=C(NCC1CCCCC1)NC(c1ccc(C(F)(F)F)cc1)c1ncccc1C(F)(F)F. The third-order valence-corrected chi connectivity index (χ3v) is 5.54. The van der Waals surface area contributed by atoms with Crippen LogP contribution >= 0.6 is 0 Å². The lowest BCUT2D eigenvalue weighted by molar-refractivity contribution is -0.139. The molecule has 1 aliphatic carbocycles. The summed E-state index contributed by atoms with van der Waals surface area (Å²) in [6.45, 7) is 0.375. The van der Waals surface area contributed by atoms with Crippen molar-refractivity contribution in [2.75, 3.05) is 6.54 Å². The zero-order valence-electron chi connectivity index (χ0n) is 17.1. The molecular weight excluding hydrogens is 436 g/mol. The molecule has 174 valence electrons. The molecule has 0 bridgehead atoms. The van der Waals surface area contributed by atoms with E-state index < -0.39 is 41.2 Å². The summed E-state index contributed by atoms with van der Waals surface area (Å²) in [6, 6.07) is 3.45. The zero-order chi connectivity index (χ0) is 23.4. The van der Waals surface area contributed by atoms with Crippen LogP contribution in [0.25, 0.3) is 0 Å². The molecular formula is C22H23F6N3O. The molecule has 1 aromatic carbocycles. The van der Waals surface area contributed by atoms with Gasteiger partial charge in [0.1, 0.15) is 0 Å². The quantitative estimate of drug-likeness (QED) is 0.532. The summed E-state index contributed by atoms with van der Waals surface area (Å²) in [5.74, 6) is 0.291. The summed E-state index contributed by atoms with van der Waals surface area (Å²) in [7, 11) is 0. The van der Waals surface area contributed by atoms with Crippen LogP contribution in [0.4, 0.5) is 31.1 Å². The van der Waals surface area contributed by atoms with E-state index in [0.29, 0.717) is 12.5 Å². The molecule has 0 aliphatic heterocycles. The Morgan fingerprint density at radius 2 is 1.62 bits per heavy atom. The van der Waals surface area contributed by atoms with Gasteiger partial charge in [0.2, 0.25) is 0 Å². The third-order valence-electron chi connectivity index (χ3n) is 5.54. The first kappa shape index (κ1) is 23.9. The monoisotopic (exact) mass is 459 g/mol. The molecule has 0 radical (unpaired) electrons. The molecule has 1 unspecified atom stereocenters. The summed E-state index contributed by atoms with van der Waals surface area (Å²) in [5, 5.41) is 5.14. The summed E-state index contributed by atoms with van der Waals surface area (Å²) < 4.78 is 79.4. The Morgan fingerprint density at radius 3 is 2.22 bits per heavy atom. The minimum absolute atomic E-state index is 0.0509. The number of hydrogen-bond acceptors (Lipinski definition) is 2. The normalized spacial score (nSPS) is 16.4. The fraction of sp³-hybridized carbons (Fsp3) is 0.455. The van der Waals surface area contributed by atoms with E-state index >= 15 is 0 Å². The number of alkyl halides is 6. The van der Waals surface area contributed by atoms with Crippen molar-refractivity contribution in [3.8, 4) is 0 Å². The van der Waals surface area contributed by atoms with Crippen LogP contribution in [0.3, 0.4) is 0 Å². The van der Waals surface area contributed by atoms with E-state index in [1.165, 1.54) is 0 Å². The van der Waals surface area contributed by atoms with Gasteiger partial charge in [-0.05, 0) is 48.6 Å². The molecule has 1 heterocycles. The molecule has 4 nitrogen and oxygen atoms in total. The molecule has 1 aromatic heterocycles. The van der Waals surface area contributed by atoms with Crippen molar-refractivity contribution < 1.29 is 31.1 Å². The van der Waals surface area contributed by atoms with Gasteiger partial charge in [0.25, 0.3) is 0 Å². The summed E-state index contributed by atoms with van der Waals surface area (Å²) >= 11 is 0. The number of carbonyl (C=O) groups excluding carboxylic acids is 1. The fourth-order valence-corrected chi connectivity index (χ4v) is 3.87. The van der Waals surface area contributed by atoms with Crippen molar-refractivity contribution in [1.29, 1.82) is 0 Å². The second-order valence-corrected chi connectivity index (χ2v) is 7.85. The van der Waals surface area contributed by atoms with Crippen molar-refractivity contribution in [2.45, 2.75) is 50.5 Å². The highest BCUT2D eigenvalue weighted by molar-refractivity contribution is 5.75. The average molecular weight is 459 g/mol. The van der Waals surface area contributed by atoms with E-state index in [0.717, 1.165) is 74.7 Å². The maximum Gasteiger partial charge on any atom is 0.418 e. The Labute approximate surface area is 181 Å². The van der Waals surface area contributed by atoms with Crippen molar-refractivity contribution in [3.05, 3.63) is 65.0 Å². The van der Waals surface area contributed by atoms with Crippen LogP contribution in [-0.4, -0.2) is 17.6 Å². The number of halogens is 6. The van der Waals surface area contributed by atoms with Gasteiger partial charge in [-0.3, -0.25) is 4.98 Å². The number of nitrogens with zero attached hydrogens (tertiary/aromatic N) is 1. The second kappa shape index (κ2) is 9.79. The number of amides is 2. The first-order valence-electron chi connectivity index (χ1n) is 10.3. The van der Waals surface area contributed by atoms with Gasteiger partial charge in [0.15, 0.2) is 0 Å². The fourth-order valence-electron chi connectivity index (χ4n) is 3.87. The van der Waals surface area contributed by atoms with Crippen LogP contribution in [-0.2, 0) is 12.4 Å². The predicted octanol–water partition coefficient (Wildman–Crippen LogP) is 6.09. The molecule has 1 saturated carbocycles. The molecule has 2 N–H and O–H groups in total. The Kier molecular flexibility index (Phi) is 7.30. The lowest BCUT2D eigenvalue weighted by Gasteiger charge is -2.25. The van der Waals surface area contributed by atoms with Gasteiger partial charge in [-0.2, -0.15) is 26.3 Å². The highest BCUT2D eigenvalue weighted by Crippen LogP contribution is 2.36. The van der Waals surface area contributed by atoms with E-state index in [1.54, 1.807) is 0 Å². The molecule has 3 rings (SSSR count). The highest BCUT2D eigenvalue weighted by atomic mass is 19.4. The number of carbonyl (C=O) groups is 1. The molecule has 1 fully saturated rings. The number of nitrogens with one attached hydrogen (secondary N) is 2. The molecule has 10 heteroatoms. The first-order chi connectivity index (χ1) is 15.1. The Bertz CT molecular complexity index is 905. The number of benzene rings is 1. The highest BCUT2D eigenvalue weighted by Gasteiger charge is 2.37.